The van der Waals surface area contributed by atoms with E-state index < -0.39 is 5.41 Å². The Labute approximate surface area is 362 Å². The lowest BCUT2D eigenvalue weighted by atomic mass is 9.87. The van der Waals surface area contributed by atoms with Gasteiger partial charge in [0, 0.05) is 18.3 Å². The first-order valence-corrected chi connectivity index (χ1v) is 24.5. The topological polar surface area (TPSA) is 93.1 Å². The van der Waals surface area contributed by atoms with Crippen molar-refractivity contribution in [3.05, 3.63) is 59.7 Å². The molecule has 6 nitrogen and oxygen atoms in total. The van der Waals surface area contributed by atoms with Gasteiger partial charge < -0.3 is 19.7 Å². The van der Waals surface area contributed by atoms with Crippen LogP contribution >= 0.6 is 0 Å². The van der Waals surface area contributed by atoms with Gasteiger partial charge in [0.1, 0.15) is 11.5 Å². The number of unbranched alkanes of at least 4 members (excludes halogenated alkanes) is 20. The number of phenols is 2. The fourth-order valence-electron chi connectivity index (χ4n) is 8.39. The Balaban J connectivity index is 1.43. The van der Waals surface area contributed by atoms with Crippen LogP contribution in [0.4, 0.5) is 0 Å². The number of hydrogen-bond acceptors (Lipinski definition) is 6. The van der Waals surface area contributed by atoms with Crippen molar-refractivity contribution in [2.45, 2.75) is 232 Å². The van der Waals surface area contributed by atoms with Crippen LogP contribution in [0.15, 0.2) is 48.5 Å². The van der Waals surface area contributed by atoms with E-state index in [1.807, 2.05) is 50.2 Å². The molecule has 2 N–H and O–H groups in total. The Bertz CT molecular complexity index is 1240. The molecule has 0 aliphatic carbocycles. The van der Waals surface area contributed by atoms with Crippen molar-refractivity contribution in [1.82, 2.24) is 0 Å². The molecule has 0 saturated heterocycles. The first-order valence-electron chi connectivity index (χ1n) is 24.5. The molecule has 0 spiro atoms. The van der Waals surface area contributed by atoms with E-state index >= 15 is 0 Å². The lowest BCUT2D eigenvalue weighted by Gasteiger charge is -2.23. The van der Waals surface area contributed by atoms with Crippen molar-refractivity contribution in [2.75, 3.05) is 13.2 Å². The van der Waals surface area contributed by atoms with Crippen LogP contribution in [0, 0.1) is 5.41 Å². The molecule has 0 amide bonds. The highest BCUT2D eigenvalue weighted by Gasteiger charge is 2.23. The monoisotopic (exact) mass is 821 g/mol. The van der Waals surface area contributed by atoms with E-state index in [4.69, 9.17) is 9.47 Å². The summed E-state index contributed by atoms with van der Waals surface area (Å²) in [6.07, 6.45) is 34.0. The molecule has 59 heavy (non-hydrogen) atoms. The van der Waals surface area contributed by atoms with Crippen molar-refractivity contribution in [3.8, 4) is 11.5 Å². The molecule has 2 unspecified atom stereocenters. The molecular formula is C53H88O6. The second-order valence-corrected chi connectivity index (χ2v) is 18.4. The number of benzene rings is 2. The van der Waals surface area contributed by atoms with Crippen LogP contribution in [0.25, 0.3) is 0 Å². The quantitative estimate of drug-likeness (QED) is 0.0518. The molecule has 0 aliphatic rings. The molecule has 0 saturated carbocycles. The maximum absolute atomic E-state index is 12.4. The fourth-order valence-corrected chi connectivity index (χ4v) is 8.39. The number of carbonyl (C=O) groups excluding carboxylic acids is 2. The number of phenolic OH excluding ortho intramolecular Hbond substituents is 2. The van der Waals surface area contributed by atoms with Crippen LogP contribution in [-0.2, 0) is 19.1 Å². The third-order valence-electron chi connectivity index (χ3n) is 12.2. The zero-order valence-corrected chi connectivity index (χ0v) is 38.4. The normalized spacial score (nSPS) is 12.7. The third kappa shape index (κ3) is 26.0. The maximum Gasteiger partial charge on any atom is 0.305 e. The van der Waals surface area contributed by atoms with Gasteiger partial charge in [0.15, 0.2) is 0 Å². The molecule has 2 rings (SSSR count). The van der Waals surface area contributed by atoms with Crippen molar-refractivity contribution < 1.29 is 29.3 Å². The van der Waals surface area contributed by atoms with Crippen molar-refractivity contribution in [3.63, 3.8) is 0 Å². The van der Waals surface area contributed by atoms with Crippen molar-refractivity contribution in [1.29, 1.82) is 0 Å². The van der Waals surface area contributed by atoms with Gasteiger partial charge in [-0.1, -0.05) is 205 Å². The number of aromatic hydroxyl groups is 2. The third-order valence-corrected chi connectivity index (χ3v) is 12.2. The molecule has 336 valence electrons. The summed E-state index contributed by atoms with van der Waals surface area (Å²) in [5.74, 6) is 1.50. The summed E-state index contributed by atoms with van der Waals surface area (Å²) in [7, 11) is 0. The number of rotatable bonds is 38. The number of ether oxygens (including phenoxy) is 2. The lowest BCUT2D eigenvalue weighted by Crippen LogP contribution is -2.28. The summed E-state index contributed by atoms with van der Waals surface area (Å²) in [6.45, 7) is 8.98. The summed E-state index contributed by atoms with van der Waals surface area (Å²) in [5.41, 5.74) is 1.85. The van der Waals surface area contributed by atoms with Gasteiger partial charge in [0.2, 0.25) is 0 Å². The minimum atomic E-state index is -0.404. The summed E-state index contributed by atoms with van der Waals surface area (Å²) in [4.78, 5) is 24.8. The van der Waals surface area contributed by atoms with E-state index in [0.717, 1.165) is 62.5 Å². The molecule has 2 aromatic carbocycles. The molecule has 2 atom stereocenters. The number of esters is 2. The average Bonchev–Trinajstić information content (AvgIpc) is 3.22. The predicted octanol–water partition coefficient (Wildman–Crippen LogP) is 15.8. The van der Waals surface area contributed by atoms with E-state index in [1.165, 1.54) is 128 Å². The average molecular weight is 821 g/mol. The Morgan fingerprint density at radius 2 is 0.746 bits per heavy atom. The molecule has 0 radical (unpaired) electrons. The van der Waals surface area contributed by atoms with Gasteiger partial charge in [-0.15, -0.1) is 0 Å². The van der Waals surface area contributed by atoms with Gasteiger partial charge in [0.25, 0.3) is 0 Å². The molecule has 0 aliphatic heterocycles. The summed E-state index contributed by atoms with van der Waals surface area (Å²) in [6, 6.07) is 15.8. The minimum Gasteiger partial charge on any atom is -0.508 e. The van der Waals surface area contributed by atoms with Crippen LogP contribution in [0.3, 0.4) is 0 Å². The highest BCUT2D eigenvalue weighted by atomic mass is 16.5. The van der Waals surface area contributed by atoms with E-state index in [-0.39, 0.29) is 25.2 Å². The van der Waals surface area contributed by atoms with E-state index in [2.05, 4.69) is 26.0 Å². The summed E-state index contributed by atoms with van der Waals surface area (Å²) in [5, 5.41) is 20.9. The van der Waals surface area contributed by atoms with Crippen molar-refractivity contribution >= 4 is 11.9 Å². The minimum absolute atomic E-state index is 0.160. The van der Waals surface area contributed by atoms with Gasteiger partial charge in [0.05, 0.1) is 13.2 Å². The number of carbonyl (C=O) groups is 2. The molecule has 0 fully saturated rings. The van der Waals surface area contributed by atoms with Crippen LogP contribution in [0.5, 0.6) is 11.5 Å². The first kappa shape index (κ1) is 52.1. The predicted molar refractivity (Wildman–Crippen MR) is 247 cm³/mol. The molecular weight excluding hydrogens is 733 g/mol. The lowest BCUT2D eigenvalue weighted by molar-refractivity contribution is -0.152. The molecule has 0 heterocycles. The zero-order chi connectivity index (χ0) is 42.8. The van der Waals surface area contributed by atoms with Gasteiger partial charge in [-0.2, -0.15) is 0 Å². The van der Waals surface area contributed by atoms with Crippen molar-refractivity contribution in [2.24, 2.45) is 5.41 Å². The highest BCUT2D eigenvalue weighted by molar-refractivity contribution is 5.69. The second-order valence-electron chi connectivity index (χ2n) is 18.4. The molecule has 2 aromatic rings. The maximum atomic E-state index is 12.4. The number of hydrogen-bond donors (Lipinski definition) is 2. The Morgan fingerprint density at radius 1 is 0.458 bits per heavy atom. The first-order chi connectivity index (χ1) is 28.7. The Hall–Kier alpha value is -3.02. The van der Waals surface area contributed by atoms with E-state index in [1.54, 1.807) is 0 Å². The van der Waals surface area contributed by atoms with E-state index in [9.17, 15) is 19.8 Å². The molecule has 0 aromatic heterocycles. The fraction of sp³-hybridized carbons (Fsp3) is 0.736. The van der Waals surface area contributed by atoms with Gasteiger partial charge in [-0.3, -0.25) is 9.59 Å². The number of para-hydroxylation sites is 2. The molecule has 6 heteroatoms. The summed E-state index contributed by atoms with van der Waals surface area (Å²) < 4.78 is 11.1. The zero-order valence-electron chi connectivity index (χ0n) is 38.4. The van der Waals surface area contributed by atoms with Crippen LogP contribution in [0.1, 0.15) is 243 Å². The molecule has 0 bridgehead atoms. The largest absolute Gasteiger partial charge is 0.508 e. The van der Waals surface area contributed by atoms with Gasteiger partial charge >= 0.3 is 11.9 Å². The Kier molecular flexibility index (Phi) is 29.7. The van der Waals surface area contributed by atoms with E-state index in [0.29, 0.717) is 36.2 Å². The van der Waals surface area contributed by atoms with Crippen LogP contribution < -0.4 is 0 Å². The van der Waals surface area contributed by atoms with Gasteiger partial charge in [-0.05, 0) is 73.6 Å². The van der Waals surface area contributed by atoms with Gasteiger partial charge in [-0.25, -0.2) is 0 Å². The second kappa shape index (κ2) is 33.7. The Morgan fingerprint density at radius 3 is 1.07 bits per heavy atom. The van der Waals surface area contributed by atoms with Crippen LogP contribution in [-0.4, -0.2) is 35.4 Å². The highest BCUT2D eigenvalue weighted by Crippen LogP contribution is 2.35. The summed E-state index contributed by atoms with van der Waals surface area (Å²) >= 11 is 0. The standard InChI is InChI=1S/C53H88O6/c1-5-7-9-23-33-45(47-37-29-31-39-49(47)54)35-25-19-15-11-13-17-21-27-41-51(56)58-43-53(3,4)44-59-52(57)42-28-22-18-14-12-16-20-26-36-46(34-24-10-8-6-2)48-38-30-32-40-50(48)55/h29-32,37-40,45-46,54-55H,5-28,33-36,41-44H2,1-4H3. The SMILES string of the molecule is CCCCCCC(CCCCCCCCCCC(=O)OCC(C)(C)COC(=O)CCCCCCCCCCC(CCCCCC)c1ccccc1O)c1ccccc1O. The van der Waals surface area contributed by atoms with Crippen LogP contribution in [0.2, 0.25) is 0 Å². The smallest absolute Gasteiger partial charge is 0.305 e.